The molecule has 66 valence electrons. The number of carbonyl (C=O) groups excluding carboxylic acids is 1. The molecule has 0 aliphatic heterocycles. The SMILES string of the molecule is CC(=O)c1ccc(C#N)c(F)c1I. The lowest BCUT2D eigenvalue weighted by molar-refractivity contribution is 0.101. The van der Waals surface area contributed by atoms with Gasteiger partial charge in [0.15, 0.2) is 11.6 Å². The van der Waals surface area contributed by atoms with E-state index in [4.69, 9.17) is 5.26 Å². The fraction of sp³-hybridized carbons (Fsp3) is 0.111. The van der Waals surface area contributed by atoms with E-state index in [9.17, 15) is 9.18 Å². The molecule has 0 unspecified atom stereocenters. The maximum absolute atomic E-state index is 13.2. The van der Waals surface area contributed by atoms with E-state index in [1.165, 1.54) is 19.1 Å². The van der Waals surface area contributed by atoms with Crippen LogP contribution in [0.5, 0.6) is 0 Å². The van der Waals surface area contributed by atoms with Gasteiger partial charge in [0.25, 0.3) is 0 Å². The highest BCUT2D eigenvalue weighted by Crippen LogP contribution is 2.19. The Morgan fingerprint density at radius 1 is 1.62 bits per heavy atom. The molecule has 0 saturated carbocycles. The number of Topliss-reactive ketones (excluding diaryl/α,β-unsaturated/α-hetero) is 1. The van der Waals surface area contributed by atoms with Gasteiger partial charge in [-0.2, -0.15) is 5.26 Å². The Hall–Kier alpha value is -0.960. The number of rotatable bonds is 1. The van der Waals surface area contributed by atoms with Crippen LogP contribution < -0.4 is 0 Å². The number of hydrogen-bond donors (Lipinski definition) is 0. The van der Waals surface area contributed by atoms with Crippen molar-refractivity contribution in [3.8, 4) is 6.07 Å². The van der Waals surface area contributed by atoms with Crippen LogP contribution in [0, 0.1) is 20.7 Å². The summed E-state index contributed by atoms with van der Waals surface area (Å²) in [5.41, 5.74) is 0.284. The summed E-state index contributed by atoms with van der Waals surface area (Å²) in [6.07, 6.45) is 0. The normalized spacial score (nSPS) is 9.38. The highest BCUT2D eigenvalue weighted by molar-refractivity contribution is 14.1. The quantitative estimate of drug-likeness (QED) is 0.588. The summed E-state index contributed by atoms with van der Waals surface area (Å²) in [7, 11) is 0. The maximum atomic E-state index is 13.2. The second-order valence-electron chi connectivity index (χ2n) is 2.46. The van der Waals surface area contributed by atoms with E-state index in [0.717, 1.165) is 0 Å². The zero-order valence-corrected chi connectivity index (χ0v) is 8.92. The first-order valence-corrected chi connectivity index (χ1v) is 4.55. The Morgan fingerprint density at radius 2 is 2.23 bits per heavy atom. The molecule has 0 amide bonds. The van der Waals surface area contributed by atoms with E-state index in [0.29, 0.717) is 5.56 Å². The number of nitriles is 1. The first-order chi connectivity index (χ1) is 6.07. The standard InChI is InChI=1S/C9H5FINO/c1-5(13)7-3-2-6(4-12)8(10)9(7)11/h2-3H,1H3. The van der Waals surface area contributed by atoms with Gasteiger partial charge in [-0.25, -0.2) is 4.39 Å². The van der Waals surface area contributed by atoms with Gasteiger partial charge in [0, 0.05) is 5.56 Å². The summed E-state index contributed by atoms with van der Waals surface area (Å²) in [5.74, 6) is -0.816. The molecule has 0 aliphatic rings. The largest absolute Gasteiger partial charge is 0.294 e. The molecule has 1 aromatic rings. The third kappa shape index (κ3) is 1.86. The molecule has 0 radical (unpaired) electrons. The van der Waals surface area contributed by atoms with Crippen molar-refractivity contribution in [1.82, 2.24) is 0 Å². The van der Waals surface area contributed by atoms with Crippen molar-refractivity contribution in [2.75, 3.05) is 0 Å². The molecule has 2 nitrogen and oxygen atoms in total. The Kier molecular flexibility index (Phi) is 2.98. The van der Waals surface area contributed by atoms with E-state index in [1.54, 1.807) is 28.7 Å². The molecule has 0 heterocycles. The van der Waals surface area contributed by atoms with Gasteiger partial charge in [-0.1, -0.05) is 0 Å². The predicted molar refractivity (Wildman–Crippen MR) is 53.8 cm³/mol. The number of ketones is 1. The first-order valence-electron chi connectivity index (χ1n) is 3.47. The molecule has 13 heavy (non-hydrogen) atoms. The van der Waals surface area contributed by atoms with Crippen LogP contribution in [0.1, 0.15) is 22.8 Å². The monoisotopic (exact) mass is 289 g/mol. The van der Waals surface area contributed by atoms with Crippen LogP contribution in [0.25, 0.3) is 0 Å². The summed E-state index contributed by atoms with van der Waals surface area (Å²) in [6.45, 7) is 1.36. The van der Waals surface area contributed by atoms with Gasteiger partial charge < -0.3 is 0 Å². The zero-order valence-electron chi connectivity index (χ0n) is 6.77. The van der Waals surface area contributed by atoms with Gasteiger partial charge in [-0.3, -0.25) is 4.79 Å². The van der Waals surface area contributed by atoms with Crippen LogP contribution in [0.15, 0.2) is 12.1 Å². The highest BCUT2D eigenvalue weighted by atomic mass is 127. The van der Waals surface area contributed by atoms with Crippen molar-refractivity contribution < 1.29 is 9.18 Å². The summed E-state index contributed by atoms with van der Waals surface area (Å²) >= 11 is 1.72. The van der Waals surface area contributed by atoms with Gasteiger partial charge in [0.05, 0.1) is 9.13 Å². The summed E-state index contributed by atoms with van der Waals surface area (Å²) < 4.78 is 13.5. The fourth-order valence-electron chi connectivity index (χ4n) is 0.908. The minimum Gasteiger partial charge on any atom is -0.294 e. The van der Waals surface area contributed by atoms with E-state index in [2.05, 4.69) is 0 Å². The van der Waals surface area contributed by atoms with Crippen molar-refractivity contribution in [3.05, 3.63) is 32.6 Å². The summed E-state index contributed by atoms with van der Waals surface area (Å²) in [5, 5.41) is 8.49. The number of carbonyl (C=O) groups is 1. The van der Waals surface area contributed by atoms with Gasteiger partial charge in [0.2, 0.25) is 0 Å². The number of halogens is 2. The van der Waals surface area contributed by atoms with Gasteiger partial charge in [-0.05, 0) is 41.6 Å². The molecule has 1 rings (SSSR count). The molecule has 4 heteroatoms. The van der Waals surface area contributed by atoms with Gasteiger partial charge in [-0.15, -0.1) is 0 Å². The zero-order chi connectivity index (χ0) is 10.0. The van der Waals surface area contributed by atoms with E-state index >= 15 is 0 Å². The highest BCUT2D eigenvalue weighted by Gasteiger charge is 2.12. The third-order valence-corrected chi connectivity index (χ3v) is 2.64. The minimum atomic E-state index is -0.615. The number of nitrogens with zero attached hydrogens (tertiary/aromatic N) is 1. The Balaban J connectivity index is 3.42. The molecule has 0 bridgehead atoms. The Labute approximate surface area is 88.5 Å². The van der Waals surface area contributed by atoms with E-state index in [-0.39, 0.29) is 14.9 Å². The van der Waals surface area contributed by atoms with Crippen molar-refractivity contribution >= 4 is 28.4 Å². The lowest BCUT2D eigenvalue weighted by atomic mass is 10.1. The van der Waals surface area contributed by atoms with Crippen LogP contribution >= 0.6 is 22.6 Å². The number of benzene rings is 1. The van der Waals surface area contributed by atoms with Crippen LogP contribution in [-0.4, -0.2) is 5.78 Å². The summed E-state index contributed by atoms with van der Waals surface area (Å²) in [6, 6.07) is 4.49. The van der Waals surface area contributed by atoms with Crippen molar-refractivity contribution in [2.24, 2.45) is 0 Å². The molecule has 0 saturated heterocycles. The van der Waals surface area contributed by atoms with E-state index in [1.807, 2.05) is 0 Å². The fourth-order valence-corrected chi connectivity index (χ4v) is 1.76. The molecular weight excluding hydrogens is 284 g/mol. The van der Waals surface area contributed by atoms with Crippen LogP contribution in [0.4, 0.5) is 4.39 Å². The second kappa shape index (κ2) is 3.83. The topological polar surface area (TPSA) is 40.9 Å². The molecule has 0 aromatic heterocycles. The van der Waals surface area contributed by atoms with Crippen LogP contribution in [-0.2, 0) is 0 Å². The molecular formula is C9H5FINO. The number of hydrogen-bond acceptors (Lipinski definition) is 2. The van der Waals surface area contributed by atoms with Crippen molar-refractivity contribution in [3.63, 3.8) is 0 Å². The second-order valence-corrected chi connectivity index (χ2v) is 3.54. The van der Waals surface area contributed by atoms with Crippen molar-refractivity contribution in [2.45, 2.75) is 6.92 Å². The Morgan fingerprint density at radius 3 is 2.69 bits per heavy atom. The maximum Gasteiger partial charge on any atom is 0.160 e. The third-order valence-electron chi connectivity index (χ3n) is 1.58. The first kappa shape index (κ1) is 10.1. The lowest BCUT2D eigenvalue weighted by Crippen LogP contribution is -2.00. The average molecular weight is 289 g/mol. The van der Waals surface area contributed by atoms with E-state index < -0.39 is 5.82 Å². The molecule has 0 spiro atoms. The lowest BCUT2D eigenvalue weighted by Gasteiger charge is -2.01. The van der Waals surface area contributed by atoms with Gasteiger partial charge in [0.1, 0.15) is 6.07 Å². The minimum absolute atomic E-state index is 0.0330. The van der Waals surface area contributed by atoms with Crippen LogP contribution in [0.2, 0.25) is 0 Å². The Bertz CT molecular complexity index is 409. The van der Waals surface area contributed by atoms with Crippen LogP contribution in [0.3, 0.4) is 0 Å². The molecule has 0 atom stereocenters. The van der Waals surface area contributed by atoms with Crippen molar-refractivity contribution in [1.29, 1.82) is 5.26 Å². The smallest absolute Gasteiger partial charge is 0.160 e. The van der Waals surface area contributed by atoms with Gasteiger partial charge >= 0.3 is 0 Å². The average Bonchev–Trinajstić information content (AvgIpc) is 2.09. The molecule has 0 fully saturated rings. The molecule has 1 aromatic carbocycles. The molecule has 0 N–H and O–H groups in total. The predicted octanol–water partition coefficient (Wildman–Crippen LogP) is 2.50. The summed E-state index contributed by atoms with van der Waals surface area (Å²) in [4.78, 5) is 11.0. The molecule has 0 aliphatic carbocycles.